The summed E-state index contributed by atoms with van der Waals surface area (Å²) in [4.78, 5) is 0. The van der Waals surface area contributed by atoms with Crippen molar-refractivity contribution >= 4 is 15.9 Å². The lowest BCUT2D eigenvalue weighted by atomic mass is 9.99. The van der Waals surface area contributed by atoms with E-state index in [9.17, 15) is 0 Å². The van der Waals surface area contributed by atoms with Gasteiger partial charge in [-0.1, -0.05) is 34.1 Å². The SMILES string of the molecule is CCOc1ccc(C(N)c2cccc(Br)c2)cc1OCC. The fourth-order valence-corrected chi connectivity index (χ4v) is 2.57. The second-order valence-electron chi connectivity index (χ2n) is 4.60. The predicted molar refractivity (Wildman–Crippen MR) is 89.0 cm³/mol. The van der Waals surface area contributed by atoms with Gasteiger partial charge in [0.2, 0.25) is 0 Å². The molecule has 2 rings (SSSR count). The first-order chi connectivity index (χ1) is 10.2. The Kier molecular flexibility index (Phi) is 5.65. The van der Waals surface area contributed by atoms with Crippen LogP contribution in [0.5, 0.6) is 11.5 Å². The van der Waals surface area contributed by atoms with Crippen LogP contribution in [0.2, 0.25) is 0 Å². The molecule has 0 aromatic heterocycles. The lowest BCUT2D eigenvalue weighted by Crippen LogP contribution is -2.12. The van der Waals surface area contributed by atoms with Gasteiger partial charge in [0, 0.05) is 4.47 Å². The third-order valence-electron chi connectivity index (χ3n) is 3.13. The number of ether oxygens (including phenoxy) is 2. The molecule has 0 aliphatic heterocycles. The second-order valence-corrected chi connectivity index (χ2v) is 5.52. The fourth-order valence-electron chi connectivity index (χ4n) is 2.15. The van der Waals surface area contributed by atoms with Crippen molar-refractivity contribution in [2.24, 2.45) is 5.73 Å². The molecule has 4 heteroatoms. The zero-order valence-electron chi connectivity index (χ0n) is 12.3. The molecule has 0 saturated carbocycles. The molecule has 112 valence electrons. The van der Waals surface area contributed by atoms with Gasteiger partial charge in [0.05, 0.1) is 19.3 Å². The molecule has 0 spiro atoms. The molecule has 3 nitrogen and oxygen atoms in total. The molecule has 2 N–H and O–H groups in total. The Morgan fingerprint density at radius 1 is 0.952 bits per heavy atom. The van der Waals surface area contributed by atoms with Gasteiger partial charge in [0.1, 0.15) is 0 Å². The van der Waals surface area contributed by atoms with Crippen LogP contribution in [-0.4, -0.2) is 13.2 Å². The number of hydrogen-bond acceptors (Lipinski definition) is 3. The molecule has 0 radical (unpaired) electrons. The Bertz CT molecular complexity index is 601. The standard InChI is InChI=1S/C17H20BrNO2/c1-3-20-15-9-8-13(11-16(15)21-4-2)17(19)12-6-5-7-14(18)10-12/h5-11,17H,3-4,19H2,1-2H3. The van der Waals surface area contributed by atoms with Crippen LogP contribution in [0.3, 0.4) is 0 Å². The molecule has 0 bridgehead atoms. The molecule has 21 heavy (non-hydrogen) atoms. The highest BCUT2D eigenvalue weighted by atomic mass is 79.9. The molecule has 0 heterocycles. The maximum atomic E-state index is 6.36. The van der Waals surface area contributed by atoms with E-state index >= 15 is 0 Å². The Morgan fingerprint density at radius 3 is 2.29 bits per heavy atom. The minimum absolute atomic E-state index is 0.197. The molecule has 1 unspecified atom stereocenters. The minimum atomic E-state index is -0.197. The first-order valence-electron chi connectivity index (χ1n) is 7.06. The van der Waals surface area contributed by atoms with Gasteiger partial charge < -0.3 is 15.2 Å². The molecule has 0 fully saturated rings. The molecule has 0 saturated heterocycles. The molecule has 0 amide bonds. The fraction of sp³-hybridized carbons (Fsp3) is 0.294. The normalized spacial score (nSPS) is 12.0. The van der Waals surface area contributed by atoms with E-state index in [-0.39, 0.29) is 6.04 Å². The average molecular weight is 350 g/mol. The molecular formula is C17H20BrNO2. The highest BCUT2D eigenvalue weighted by Gasteiger charge is 2.13. The van der Waals surface area contributed by atoms with Crippen LogP contribution in [0.25, 0.3) is 0 Å². The topological polar surface area (TPSA) is 44.5 Å². The second kappa shape index (κ2) is 7.48. The first kappa shape index (κ1) is 15.9. The van der Waals surface area contributed by atoms with E-state index in [1.54, 1.807) is 0 Å². The minimum Gasteiger partial charge on any atom is -0.490 e. The van der Waals surface area contributed by atoms with Gasteiger partial charge in [-0.2, -0.15) is 0 Å². The summed E-state index contributed by atoms with van der Waals surface area (Å²) in [5, 5.41) is 0. The third kappa shape index (κ3) is 3.99. The number of nitrogens with two attached hydrogens (primary N) is 1. The number of hydrogen-bond donors (Lipinski definition) is 1. The monoisotopic (exact) mass is 349 g/mol. The Morgan fingerprint density at radius 2 is 1.62 bits per heavy atom. The smallest absolute Gasteiger partial charge is 0.161 e. The van der Waals surface area contributed by atoms with Gasteiger partial charge in [-0.05, 0) is 49.2 Å². The van der Waals surface area contributed by atoms with Crippen molar-refractivity contribution in [1.82, 2.24) is 0 Å². The van der Waals surface area contributed by atoms with Crippen molar-refractivity contribution in [3.63, 3.8) is 0 Å². The van der Waals surface area contributed by atoms with Crippen LogP contribution in [0.15, 0.2) is 46.9 Å². The average Bonchev–Trinajstić information content (AvgIpc) is 2.49. The summed E-state index contributed by atoms with van der Waals surface area (Å²) in [6.07, 6.45) is 0. The maximum absolute atomic E-state index is 6.36. The summed E-state index contributed by atoms with van der Waals surface area (Å²) < 4.78 is 12.2. The van der Waals surface area contributed by atoms with Crippen molar-refractivity contribution in [2.75, 3.05) is 13.2 Å². The Balaban J connectivity index is 2.32. The van der Waals surface area contributed by atoms with Crippen LogP contribution >= 0.6 is 15.9 Å². The van der Waals surface area contributed by atoms with Crippen LogP contribution in [0.1, 0.15) is 31.0 Å². The molecule has 2 aromatic carbocycles. The van der Waals surface area contributed by atoms with Crippen molar-refractivity contribution < 1.29 is 9.47 Å². The van der Waals surface area contributed by atoms with Crippen molar-refractivity contribution in [3.05, 3.63) is 58.1 Å². The lowest BCUT2D eigenvalue weighted by molar-refractivity contribution is 0.287. The van der Waals surface area contributed by atoms with Crippen molar-refractivity contribution in [3.8, 4) is 11.5 Å². The highest BCUT2D eigenvalue weighted by molar-refractivity contribution is 9.10. The first-order valence-corrected chi connectivity index (χ1v) is 7.85. The highest BCUT2D eigenvalue weighted by Crippen LogP contribution is 2.32. The summed E-state index contributed by atoms with van der Waals surface area (Å²) >= 11 is 3.47. The van der Waals surface area contributed by atoms with Gasteiger partial charge in [0.25, 0.3) is 0 Å². The van der Waals surface area contributed by atoms with E-state index in [2.05, 4.69) is 15.9 Å². The summed E-state index contributed by atoms with van der Waals surface area (Å²) in [5.41, 5.74) is 8.41. The largest absolute Gasteiger partial charge is 0.490 e. The summed E-state index contributed by atoms with van der Waals surface area (Å²) in [6, 6.07) is 13.7. The molecule has 1 atom stereocenters. The Labute approximate surface area is 134 Å². The van der Waals surface area contributed by atoms with Gasteiger partial charge in [0.15, 0.2) is 11.5 Å². The van der Waals surface area contributed by atoms with Crippen LogP contribution in [-0.2, 0) is 0 Å². The molecule has 0 aliphatic carbocycles. The maximum Gasteiger partial charge on any atom is 0.161 e. The van der Waals surface area contributed by atoms with Crippen molar-refractivity contribution in [2.45, 2.75) is 19.9 Å². The predicted octanol–water partition coefficient (Wildman–Crippen LogP) is 4.29. The van der Waals surface area contributed by atoms with Gasteiger partial charge in [-0.15, -0.1) is 0 Å². The van der Waals surface area contributed by atoms with Crippen molar-refractivity contribution in [1.29, 1.82) is 0 Å². The third-order valence-corrected chi connectivity index (χ3v) is 3.63. The molecule has 2 aromatic rings. The zero-order chi connectivity index (χ0) is 15.2. The van der Waals surface area contributed by atoms with E-state index in [1.807, 2.05) is 56.3 Å². The number of halogens is 1. The van der Waals surface area contributed by atoms with E-state index < -0.39 is 0 Å². The van der Waals surface area contributed by atoms with Crippen LogP contribution in [0, 0.1) is 0 Å². The number of rotatable bonds is 6. The van der Waals surface area contributed by atoms with E-state index in [0.717, 1.165) is 27.1 Å². The Hall–Kier alpha value is -1.52. The van der Waals surface area contributed by atoms with Gasteiger partial charge >= 0.3 is 0 Å². The summed E-state index contributed by atoms with van der Waals surface area (Å²) in [7, 11) is 0. The quantitative estimate of drug-likeness (QED) is 0.845. The van der Waals surface area contributed by atoms with E-state index in [0.29, 0.717) is 13.2 Å². The zero-order valence-corrected chi connectivity index (χ0v) is 13.9. The van der Waals surface area contributed by atoms with Crippen LogP contribution in [0.4, 0.5) is 0 Å². The van der Waals surface area contributed by atoms with E-state index in [1.165, 1.54) is 0 Å². The van der Waals surface area contributed by atoms with Crippen LogP contribution < -0.4 is 15.2 Å². The molecule has 0 aliphatic rings. The lowest BCUT2D eigenvalue weighted by Gasteiger charge is -2.17. The van der Waals surface area contributed by atoms with Gasteiger partial charge in [-0.25, -0.2) is 0 Å². The molecular weight excluding hydrogens is 330 g/mol. The van der Waals surface area contributed by atoms with Gasteiger partial charge in [-0.3, -0.25) is 0 Å². The number of benzene rings is 2. The summed E-state index contributed by atoms with van der Waals surface area (Å²) in [5.74, 6) is 1.49. The summed E-state index contributed by atoms with van der Waals surface area (Å²) in [6.45, 7) is 5.11. The van der Waals surface area contributed by atoms with E-state index in [4.69, 9.17) is 15.2 Å².